The summed E-state index contributed by atoms with van der Waals surface area (Å²) in [5.41, 5.74) is -0.0592. The van der Waals surface area contributed by atoms with Crippen LogP contribution in [0.25, 0.3) is 0 Å². The van der Waals surface area contributed by atoms with Gasteiger partial charge in [-0.25, -0.2) is 0 Å². The molecule has 0 atom stereocenters. The fourth-order valence-corrected chi connectivity index (χ4v) is 4.74. The minimum Gasteiger partial charge on any atom is -0.394 e. The maximum absolute atomic E-state index is 10.7. The molecule has 2 aromatic rings. The van der Waals surface area contributed by atoms with E-state index in [1.807, 2.05) is 0 Å². The number of ether oxygens (including phenoxy) is 1. The quantitative estimate of drug-likeness (QED) is 0.145. The molecule has 0 heterocycles. The first-order valence-electron chi connectivity index (χ1n) is 11.5. The minimum atomic E-state index is -5.84. The Hall–Kier alpha value is -1.58. The van der Waals surface area contributed by atoms with Crippen LogP contribution in [0, 0.1) is 7.43 Å². The second kappa shape index (κ2) is 17.9. The van der Waals surface area contributed by atoms with Crippen molar-refractivity contribution in [2.75, 3.05) is 20.3 Å². The molecule has 0 unspecified atom stereocenters. The summed E-state index contributed by atoms with van der Waals surface area (Å²) in [5, 5.41) is 7.94. The molecule has 0 spiro atoms. The molecule has 11 heteroatoms. The van der Waals surface area contributed by atoms with E-state index in [1.54, 1.807) is 7.11 Å². The van der Waals surface area contributed by atoms with Crippen LogP contribution < -0.4 is 0 Å². The van der Waals surface area contributed by atoms with Crippen LogP contribution in [0.15, 0.2) is 52.0 Å². The van der Waals surface area contributed by atoms with Gasteiger partial charge in [0, 0.05) is 7.11 Å². The van der Waals surface area contributed by atoms with E-state index < -0.39 is 33.5 Å². The van der Waals surface area contributed by atoms with Crippen LogP contribution in [0.1, 0.15) is 70.1 Å². The Morgan fingerprint density at radius 3 is 1.74 bits per heavy atom. The van der Waals surface area contributed by atoms with E-state index in [4.69, 9.17) is 21.6 Å². The number of benzene rings is 2. The number of hydrogen-bond acceptors (Lipinski definition) is 5. The van der Waals surface area contributed by atoms with Gasteiger partial charge in [0.1, 0.15) is 0 Å². The van der Waals surface area contributed by atoms with E-state index in [0.717, 1.165) is 0 Å². The van der Waals surface area contributed by atoms with Gasteiger partial charge < -0.3 is 17.3 Å². The number of halogens is 3. The number of hydrogen-bond donors (Lipinski definition) is 2. The number of methoxy groups -OCH3 is 1. The van der Waals surface area contributed by atoms with E-state index in [2.05, 4.69) is 99.2 Å². The fraction of sp³-hybridized carbons (Fsp3) is 0.481. The third-order valence-corrected chi connectivity index (χ3v) is 7.94. The van der Waals surface area contributed by atoms with Crippen molar-refractivity contribution >= 4 is 20.2 Å². The number of rotatable bonds is 7. The maximum Gasteiger partial charge on any atom is 0.522 e. The summed E-state index contributed by atoms with van der Waals surface area (Å²) in [7, 11) is -4.29. The van der Waals surface area contributed by atoms with Crippen LogP contribution in [-0.2, 0) is 38.2 Å². The monoisotopic (exact) mass is 646 g/mol. The largest absolute Gasteiger partial charge is 0.522 e. The van der Waals surface area contributed by atoms with Gasteiger partial charge in [-0.05, 0) is 0 Å². The average Bonchev–Trinajstić information content (AvgIpc) is 2.79. The van der Waals surface area contributed by atoms with Crippen molar-refractivity contribution in [2.24, 2.45) is 3.50 Å². The van der Waals surface area contributed by atoms with Gasteiger partial charge in [0.25, 0.3) is 0 Å². The maximum atomic E-state index is 10.7. The molecule has 0 aliphatic heterocycles. The van der Waals surface area contributed by atoms with Gasteiger partial charge in [-0.2, -0.15) is 21.6 Å². The van der Waals surface area contributed by atoms with E-state index in [0.29, 0.717) is 18.4 Å². The Balaban J connectivity index is 0. The molecule has 2 rings (SSSR count). The molecule has 0 amide bonds. The van der Waals surface area contributed by atoms with Crippen LogP contribution in [0.3, 0.4) is 0 Å². The molecular weight excluding hydrogens is 603 g/mol. The molecule has 2 aromatic carbocycles. The molecule has 0 aromatic heterocycles. The predicted octanol–water partition coefficient (Wildman–Crippen LogP) is 7.08. The molecule has 0 aliphatic rings. The Kier molecular flexibility index (Phi) is 18.2. The average molecular weight is 645 g/mol. The first-order chi connectivity index (χ1) is 17.0. The first kappa shape index (κ1) is 38.6. The minimum absolute atomic E-state index is 0. The second-order valence-electron chi connectivity index (χ2n) is 9.13. The SMILES string of the molecule is CC(C)c1cccc(C(C)C)c1[N]=[Mo]=[CH]C(C)(C)c1ccccc1.COCCO.O=S(=O)(O)C(F)(F)F.[CH3-]. The van der Waals surface area contributed by atoms with Gasteiger partial charge in [-0.3, -0.25) is 4.55 Å². The first-order valence-corrected chi connectivity index (χ1v) is 15.0. The van der Waals surface area contributed by atoms with Crippen molar-refractivity contribution in [2.45, 2.75) is 64.3 Å². The van der Waals surface area contributed by atoms with Gasteiger partial charge in [-0.15, -0.1) is 0 Å². The summed E-state index contributed by atoms with van der Waals surface area (Å²) < 4.78 is 69.6. The van der Waals surface area contributed by atoms with Crippen molar-refractivity contribution in [1.82, 2.24) is 0 Å². The summed E-state index contributed by atoms with van der Waals surface area (Å²) in [6, 6.07) is 17.4. The summed E-state index contributed by atoms with van der Waals surface area (Å²) in [4.78, 5) is 0. The molecule has 218 valence electrons. The van der Waals surface area contributed by atoms with Crippen LogP contribution in [0.2, 0.25) is 0 Å². The third-order valence-electron chi connectivity index (χ3n) is 4.94. The summed E-state index contributed by atoms with van der Waals surface area (Å²) in [6.45, 7) is 14.2. The smallest absolute Gasteiger partial charge is 0.394 e. The zero-order valence-electron chi connectivity index (χ0n) is 23.3. The molecule has 38 heavy (non-hydrogen) atoms. The number of aliphatic hydroxyl groups is 1. The van der Waals surface area contributed by atoms with E-state index in [1.165, 1.54) is 22.4 Å². The van der Waals surface area contributed by atoms with Gasteiger partial charge in [-0.1, -0.05) is 0 Å². The topological polar surface area (TPSA) is 96.2 Å². The molecule has 0 aliphatic carbocycles. The molecule has 0 bridgehead atoms. The van der Waals surface area contributed by atoms with E-state index in [-0.39, 0.29) is 19.4 Å². The third kappa shape index (κ3) is 14.0. The molecule has 0 radical (unpaired) electrons. The fourth-order valence-electron chi connectivity index (χ4n) is 2.86. The normalized spacial score (nSPS) is 11.4. The number of nitrogens with zero attached hydrogens (tertiary/aromatic N) is 1. The summed E-state index contributed by atoms with van der Waals surface area (Å²) in [6.07, 6.45) is 0. The summed E-state index contributed by atoms with van der Waals surface area (Å²) in [5.74, 6) is 1.02. The van der Waals surface area contributed by atoms with Gasteiger partial charge >= 0.3 is 171 Å². The van der Waals surface area contributed by atoms with Crippen LogP contribution in [0.5, 0.6) is 0 Å². The molecule has 6 nitrogen and oxygen atoms in total. The Morgan fingerprint density at radius 2 is 1.42 bits per heavy atom. The zero-order chi connectivity index (χ0) is 28.9. The van der Waals surface area contributed by atoms with Gasteiger partial charge in [0.15, 0.2) is 0 Å². The van der Waals surface area contributed by atoms with Crippen molar-refractivity contribution in [3.8, 4) is 0 Å². The van der Waals surface area contributed by atoms with Crippen LogP contribution in [0.4, 0.5) is 18.9 Å². The van der Waals surface area contributed by atoms with Gasteiger partial charge in [0.2, 0.25) is 0 Å². The Labute approximate surface area is 234 Å². The number of aliphatic hydroxyl groups excluding tert-OH is 1. The van der Waals surface area contributed by atoms with Crippen LogP contribution >= 0.6 is 0 Å². The zero-order valence-corrected chi connectivity index (χ0v) is 26.1. The predicted molar refractivity (Wildman–Crippen MR) is 145 cm³/mol. The van der Waals surface area contributed by atoms with Crippen molar-refractivity contribution in [1.29, 1.82) is 0 Å². The molecule has 0 fully saturated rings. The second-order valence-corrected chi connectivity index (χ2v) is 12.1. The standard InChI is InChI=1S/C12H17N.C10H12.C3H8O2.CHF3O3S.CH3.Mo/c1-8(2)10-6-5-7-11(9(3)4)12(10)13;1-10(2,3)9-7-5-4-6-8-9;1-5-3-2-4;2-1(3,4)8(5,6)7;;/h5-9H,1-4H3;1,4-8H,2-3H3;4H,2-3H2,1H3;(H,5,6,7);1H3;/q;;;;-1;. The molecule has 0 saturated heterocycles. The summed E-state index contributed by atoms with van der Waals surface area (Å²) >= 11 is -0.553. The van der Waals surface area contributed by atoms with Crippen molar-refractivity contribution in [3.05, 3.63) is 72.6 Å². The van der Waals surface area contributed by atoms with Crippen molar-refractivity contribution < 1.29 is 53.9 Å². The van der Waals surface area contributed by atoms with E-state index in [9.17, 15) is 13.2 Å². The van der Waals surface area contributed by atoms with E-state index >= 15 is 0 Å². The van der Waals surface area contributed by atoms with Gasteiger partial charge in [0.05, 0.1) is 13.2 Å². The van der Waals surface area contributed by atoms with Crippen molar-refractivity contribution in [3.63, 3.8) is 0 Å². The Bertz CT molecular complexity index is 1090. The molecular formula is C27H41F3MoNO5S-. The van der Waals surface area contributed by atoms with Crippen LogP contribution in [-0.4, -0.2) is 48.3 Å². The Morgan fingerprint density at radius 1 is 0.974 bits per heavy atom. The molecule has 0 saturated carbocycles. The number of alkyl halides is 3. The molecule has 2 N–H and O–H groups in total.